The Morgan fingerprint density at radius 2 is 1.96 bits per heavy atom. The van der Waals surface area contributed by atoms with Crippen molar-refractivity contribution in [3.63, 3.8) is 0 Å². The highest BCUT2D eigenvalue weighted by atomic mass is 16.7. The lowest BCUT2D eigenvalue weighted by Gasteiger charge is -2.22. The monoisotopic (exact) mass is 344 g/mol. The minimum Gasteiger partial charge on any atom is -0.454 e. The molecule has 2 amide bonds. The molecule has 1 saturated carbocycles. The average molecular weight is 344 g/mol. The summed E-state index contributed by atoms with van der Waals surface area (Å²) in [5.74, 6) is 1.97. The Labute approximate surface area is 147 Å². The molecule has 1 aliphatic carbocycles. The van der Waals surface area contributed by atoms with E-state index in [4.69, 9.17) is 9.47 Å². The smallest absolute Gasteiger partial charge is 0.231 e. The van der Waals surface area contributed by atoms with Gasteiger partial charge in [-0.1, -0.05) is 19.3 Å². The van der Waals surface area contributed by atoms with E-state index in [2.05, 4.69) is 5.32 Å². The number of nitrogens with one attached hydrogen (secondary N) is 1. The fraction of sp³-hybridized carbons (Fsp3) is 0.579. The Morgan fingerprint density at radius 3 is 2.80 bits per heavy atom. The number of carbonyl (C=O) groups is 2. The Morgan fingerprint density at radius 1 is 1.16 bits per heavy atom. The summed E-state index contributed by atoms with van der Waals surface area (Å²) in [4.78, 5) is 26.4. The van der Waals surface area contributed by atoms with E-state index in [0.717, 1.165) is 31.4 Å². The molecule has 1 N–H and O–H groups in total. The number of hydrogen-bond acceptors (Lipinski definition) is 4. The summed E-state index contributed by atoms with van der Waals surface area (Å²) < 4.78 is 10.7. The molecule has 134 valence electrons. The van der Waals surface area contributed by atoms with Crippen LogP contribution in [0.15, 0.2) is 18.2 Å². The first-order chi connectivity index (χ1) is 12.2. The first-order valence-electron chi connectivity index (χ1n) is 9.18. The van der Waals surface area contributed by atoms with Gasteiger partial charge in [0.1, 0.15) is 0 Å². The third-order valence-corrected chi connectivity index (χ3v) is 5.41. The normalized spacial score (nSPS) is 23.1. The van der Waals surface area contributed by atoms with E-state index >= 15 is 0 Å². The molecule has 6 nitrogen and oxygen atoms in total. The maximum Gasteiger partial charge on any atom is 0.231 e. The summed E-state index contributed by atoms with van der Waals surface area (Å²) in [6, 6.07) is 5.57. The highest BCUT2D eigenvalue weighted by Crippen LogP contribution is 2.37. The van der Waals surface area contributed by atoms with Gasteiger partial charge in [0.2, 0.25) is 18.6 Å². The van der Waals surface area contributed by atoms with Crippen LogP contribution in [0.2, 0.25) is 0 Å². The van der Waals surface area contributed by atoms with E-state index in [1.165, 1.54) is 6.42 Å². The number of nitrogens with zero attached hydrogens (tertiary/aromatic N) is 1. The van der Waals surface area contributed by atoms with Crippen LogP contribution in [0.4, 0.5) is 5.69 Å². The molecule has 4 rings (SSSR count). The number of anilines is 1. The highest BCUT2D eigenvalue weighted by molar-refractivity contribution is 5.96. The van der Waals surface area contributed by atoms with Crippen molar-refractivity contribution >= 4 is 17.5 Å². The Bertz CT molecular complexity index is 669. The van der Waals surface area contributed by atoms with Gasteiger partial charge >= 0.3 is 0 Å². The molecule has 25 heavy (non-hydrogen) atoms. The second-order valence-electron chi connectivity index (χ2n) is 7.19. The van der Waals surface area contributed by atoms with Crippen LogP contribution >= 0.6 is 0 Å². The second-order valence-corrected chi connectivity index (χ2v) is 7.19. The van der Waals surface area contributed by atoms with E-state index in [1.54, 1.807) is 4.90 Å². The van der Waals surface area contributed by atoms with Crippen molar-refractivity contribution in [1.82, 2.24) is 5.32 Å². The maximum atomic E-state index is 12.4. The zero-order valence-corrected chi connectivity index (χ0v) is 14.3. The zero-order valence-electron chi connectivity index (χ0n) is 14.3. The van der Waals surface area contributed by atoms with Crippen LogP contribution in [0, 0.1) is 11.8 Å². The van der Waals surface area contributed by atoms with Gasteiger partial charge in [-0.15, -0.1) is 0 Å². The zero-order chi connectivity index (χ0) is 17.2. The first-order valence-corrected chi connectivity index (χ1v) is 9.18. The van der Waals surface area contributed by atoms with Crippen molar-refractivity contribution in [3.8, 4) is 11.5 Å². The molecule has 1 saturated heterocycles. The average Bonchev–Trinajstić information content (AvgIpc) is 3.26. The molecule has 0 bridgehead atoms. The quantitative estimate of drug-likeness (QED) is 0.911. The van der Waals surface area contributed by atoms with Gasteiger partial charge in [-0.25, -0.2) is 0 Å². The fourth-order valence-corrected chi connectivity index (χ4v) is 3.97. The van der Waals surface area contributed by atoms with E-state index in [-0.39, 0.29) is 30.4 Å². The molecular weight excluding hydrogens is 320 g/mol. The lowest BCUT2D eigenvalue weighted by molar-refractivity contribution is -0.126. The van der Waals surface area contributed by atoms with Crippen molar-refractivity contribution < 1.29 is 19.1 Å². The maximum absolute atomic E-state index is 12.4. The van der Waals surface area contributed by atoms with Gasteiger partial charge in [-0.3, -0.25) is 9.59 Å². The number of benzene rings is 1. The predicted octanol–water partition coefficient (Wildman–Crippen LogP) is 2.46. The van der Waals surface area contributed by atoms with Crippen LogP contribution in [0.25, 0.3) is 0 Å². The third-order valence-electron chi connectivity index (χ3n) is 5.41. The molecule has 2 heterocycles. The number of fused-ring (bicyclic) bond motifs is 1. The van der Waals surface area contributed by atoms with Crippen LogP contribution in [0.5, 0.6) is 11.5 Å². The molecular formula is C19H24N2O4. The topological polar surface area (TPSA) is 67.9 Å². The number of carbonyl (C=O) groups excluding carboxylic acids is 2. The standard InChI is InChI=1S/C19H24N2O4/c22-18-8-13(10-20-19(23)14-4-2-1-3-5-14)11-21(18)15-6-7-16-17(9-15)25-12-24-16/h6-7,9,13-14H,1-5,8,10-12H2,(H,20,23)/t13-/m0/s1. The molecule has 2 fully saturated rings. The number of ether oxygens (including phenoxy) is 2. The lowest BCUT2D eigenvalue weighted by Crippen LogP contribution is -2.36. The van der Waals surface area contributed by atoms with E-state index in [0.29, 0.717) is 31.0 Å². The Kier molecular flexibility index (Phi) is 4.51. The lowest BCUT2D eigenvalue weighted by atomic mass is 9.88. The largest absolute Gasteiger partial charge is 0.454 e. The van der Waals surface area contributed by atoms with Gasteiger partial charge in [0, 0.05) is 43.1 Å². The van der Waals surface area contributed by atoms with Gasteiger partial charge in [-0.2, -0.15) is 0 Å². The van der Waals surface area contributed by atoms with Gasteiger partial charge in [-0.05, 0) is 25.0 Å². The van der Waals surface area contributed by atoms with Crippen LogP contribution < -0.4 is 19.7 Å². The van der Waals surface area contributed by atoms with Gasteiger partial charge in [0.25, 0.3) is 0 Å². The van der Waals surface area contributed by atoms with Gasteiger partial charge in [0.05, 0.1) is 0 Å². The molecule has 2 aliphatic heterocycles. The van der Waals surface area contributed by atoms with E-state index in [9.17, 15) is 9.59 Å². The third kappa shape index (κ3) is 3.43. The van der Waals surface area contributed by atoms with Crippen molar-refractivity contribution in [2.45, 2.75) is 38.5 Å². The highest BCUT2D eigenvalue weighted by Gasteiger charge is 2.32. The van der Waals surface area contributed by atoms with Gasteiger partial charge in [0.15, 0.2) is 11.5 Å². The van der Waals surface area contributed by atoms with Crippen LogP contribution in [-0.4, -0.2) is 31.7 Å². The van der Waals surface area contributed by atoms with Crippen molar-refractivity contribution in [1.29, 1.82) is 0 Å². The van der Waals surface area contributed by atoms with Crippen molar-refractivity contribution in [3.05, 3.63) is 18.2 Å². The summed E-state index contributed by atoms with van der Waals surface area (Å²) in [6.07, 6.45) is 6.01. The van der Waals surface area contributed by atoms with Crippen LogP contribution in [-0.2, 0) is 9.59 Å². The molecule has 1 aromatic rings. The minimum atomic E-state index is 0.0933. The summed E-state index contributed by atoms with van der Waals surface area (Å²) in [5.41, 5.74) is 0.829. The SMILES string of the molecule is O=C(NC[C@@H]1CC(=O)N(c2ccc3c(c2)OCO3)C1)C1CCCCC1. The number of rotatable bonds is 4. The summed E-state index contributed by atoms with van der Waals surface area (Å²) >= 11 is 0. The predicted molar refractivity (Wildman–Crippen MR) is 92.6 cm³/mol. The molecule has 0 spiro atoms. The molecule has 0 radical (unpaired) electrons. The molecule has 3 aliphatic rings. The number of hydrogen-bond donors (Lipinski definition) is 1. The van der Waals surface area contributed by atoms with E-state index in [1.807, 2.05) is 18.2 Å². The molecule has 1 atom stereocenters. The molecule has 1 aromatic carbocycles. The molecule has 6 heteroatoms. The summed E-state index contributed by atoms with van der Waals surface area (Å²) in [5, 5.41) is 3.07. The van der Waals surface area contributed by atoms with E-state index < -0.39 is 0 Å². The van der Waals surface area contributed by atoms with Crippen molar-refractivity contribution in [2.24, 2.45) is 11.8 Å². The summed E-state index contributed by atoms with van der Waals surface area (Å²) in [7, 11) is 0. The van der Waals surface area contributed by atoms with Crippen LogP contribution in [0.3, 0.4) is 0 Å². The Hall–Kier alpha value is -2.24. The number of amides is 2. The summed E-state index contributed by atoms with van der Waals surface area (Å²) in [6.45, 7) is 1.42. The van der Waals surface area contributed by atoms with Crippen LogP contribution in [0.1, 0.15) is 38.5 Å². The fourth-order valence-electron chi connectivity index (χ4n) is 3.97. The second kappa shape index (κ2) is 6.94. The molecule has 0 aromatic heterocycles. The molecule has 0 unspecified atom stereocenters. The first kappa shape index (κ1) is 16.2. The Balaban J connectivity index is 1.33. The van der Waals surface area contributed by atoms with Crippen molar-refractivity contribution in [2.75, 3.05) is 24.8 Å². The van der Waals surface area contributed by atoms with Gasteiger partial charge < -0.3 is 19.7 Å². The minimum absolute atomic E-state index is 0.0933.